The molecule has 1 aromatic heterocycles. The Balaban J connectivity index is 1.92. The molecule has 0 fully saturated rings. The minimum absolute atomic E-state index is 0.0767. The number of amides is 1. The van der Waals surface area contributed by atoms with Gasteiger partial charge in [0.05, 0.1) is 6.10 Å². The molecule has 1 N–H and O–H groups in total. The number of aryl methyl sites for hydroxylation is 1. The Hall–Kier alpha value is -1.92. The molecule has 1 atom stereocenters. The average Bonchev–Trinajstić information content (AvgIpc) is 2.93. The van der Waals surface area contributed by atoms with E-state index in [-0.39, 0.29) is 12.3 Å². The van der Waals surface area contributed by atoms with Crippen molar-refractivity contribution < 1.29 is 14.3 Å². The number of nitrogens with zero attached hydrogens (tertiary/aromatic N) is 3. The second-order valence-electron chi connectivity index (χ2n) is 5.13. The second kappa shape index (κ2) is 7.38. The third kappa shape index (κ3) is 4.54. The number of aliphatic hydroxyl groups excluding tert-OH is 1. The molecule has 0 saturated heterocycles. The van der Waals surface area contributed by atoms with Crippen LogP contribution in [0.4, 0.5) is 0 Å². The molecule has 0 aliphatic carbocycles. The summed E-state index contributed by atoms with van der Waals surface area (Å²) in [4.78, 5) is 13.4. The number of carbonyl (C=O) groups is 1. The second-order valence-corrected chi connectivity index (χ2v) is 5.57. The summed E-state index contributed by atoms with van der Waals surface area (Å²) in [5.74, 6) is 0.729. The van der Waals surface area contributed by atoms with Crippen LogP contribution in [-0.2, 0) is 11.2 Å². The van der Waals surface area contributed by atoms with Gasteiger partial charge in [0.1, 0.15) is 0 Å². The Morgan fingerprint density at radius 2 is 2.05 bits per heavy atom. The molecule has 118 valence electrons. The normalized spacial score (nSPS) is 12.2. The first-order chi connectivity index (χ1) is 10.5. The fourth-order valence-corrected chi connectivity index (χ4v) is 2.09. The van der Waals surface area contributed by atoms with Crippen LogP contribution in [0.2, 0.25) is 5.02 Å². The van der Waals surface area contributed by atoms with Gasteiger partial charge in [-0.2, -0.15) is 0 Å². The molecule has 0 aliphatic heterocycles. The number of aromatic nitrogens is 2. The largest absolute Gasteiger partial charge is 0.421 e. The SMILES string of the molecule is CC(O)CN(C)C(=O)CCc1nnc(-c2ccc(Cl)cc2)o1. The lowest BCUT2D eigenvalue weighted by Gasteiger charge is -2.18. The van der Waals surface area contributed by atoms with Crippen LogP contribution in [0.5, 0.6) is 0 Å². The quantitative estimate of drug-likeness (QED) is 0.881. The van der Waals surface area contributed by atoms with Crippen LogP contribution in [0.1, 0.15) is 19.2 Å². The number of carbonyl (C=O) groups excluding carboxylic acids is 1. The van der Waals surface area contributed by atoms with E-state index < -0.39 is 6.10 Å². The molecule has 0 bridgehead atoms. The zero-order valence-electron chi connectivity index (χ0n) is 12.5. The summed E-state index contributed by atoms with van der Waals surface area (Å²) >= 11 is 5.83. The van der Waals surface area contributed by atoms with Crippen molar-refractivity contribution in [2.45, 2.75) is 25.9 Å². The minimum Gasteiger partial charge on any atom is -0.421 e. The molecule has 1 unspecified atom stereocenters. The first kappa shape index (κ1) is 16.5. The summed E-state index contributed by atoms with van der Waals surface area (Å²) in [6.07, 6.45) is 0.0727. The molecule has 2 rings (SSSR count). The van der Waals surface area contributed by atoms with Gasteiger partial charge in [-0.05, 0) is 31.2 Å². The summed E-state index contributed by atoms with van der Waals surface area (Å²) < 4.78 is 5.54. The Morgan fingerprint density at radius 1 is 1.36 bits per heavy atom. The maximum Gasteiger partial charge on any atom is 0.247 e. The molecule has 0 spiro atoms. The zero-order chi connectivity index (χ0) is 16.1. The van der Waals surface area contributed by atoms with Gasteiger partial charge in [0.25, 0.3) is 0 Å². The predicted molar refractivity (Wildman–Crippen MR) is 82.4 cm³/mol. The third-order valence-corrected chi connectivity index (χ3v) is 3.33. The fraction of sp³-hybridized carbons (Fsp3) is 0.400. The highest BCUT2D eigenvalue weighted by Gasteiger charge is 2.14. The summed E-state index contributed by atoms with van der Waals surface area (Å²) in [7, 11) is 1.65. The van der Waals surface area contributed by atoms with Crippen molar-refractivity contribution in [2.75, 3.05) is 13.6 Å². The number of hydrogen-bond donors (Lipinski definition) is 1. The number of likely N-dealkylation sites (N-methyl/N-ethyl adjacent to an activating group) is 1. The number of rotatable bonds is 6. The van der Waals surface area contributed by atoms with Crippen LogP contribution in [0.25, 0.3) is 11.5 Å². The van der Waals surface area contributed by atoms with Crippen molar-refractivity contribution in [1.82, 2.24) is 15.1 Å². The van der Waals surface area contributed by atoms with Crippen molar-refractivity contribution in [1.29, 1.82) is 0 Å². The summed E-state index contributed by atoms with van der Waals surface area (Å²) in [6.45, 7) is 1.94. The molecule has 22 heavy (non-hydrogen) atoms. The Kier molecular flexibility index (Phi) is 5.51. The van der Waals surface area contributed by atoms with E-state index in [0.717, 1.165) is 5.56 Å². The van der Waals surface area contributed by atoms with Crippen LogP contribution >= 0.6 is 11.6 Å². The lowest BCUT2D eigenvalue weighted by Crippen LogP contribution is -2.33. The van der Waals surface area contributed by atoms with Crippen LogP contribution < -0.4 is 0 Å². The minimum atomic E-state index is -0.547. The highest BCUT2D eigenvalue weighted by atomic mass is 35.5. The first-order valence-corrected chi connectivity index (χ1v) is 7.34. The number of halogens is 1. The number of benzene rings is 1. The van der Waals surface area contributed by atoms with Crippen LogP contribution in [-0.4, -0.2) is 45.8 Å². The van der Waals surface area contributed by atoms with E-state index in [1.54, 1.807) is 38.2 Å². The van der Waals surface area contributed by atoms with E-state index in [9.17, 15) is 9.90 Å². The van der Waals surface area contributed by atoms with Crippen LogP contribution in [0, 0.1) is 0 Å². The van der Waals surface area contributed by atoms with Crippen molar-refractivity contribution in [3.05, 3.63) is 35.2 Å². The van der Waals surface area contributed by atoms with E-state index in [1.165, 1.54) is 4.90 Å². The van der Waals surface area contributed by atoms with E-state index in [4.69, 9.17) is 16.0 Å². The maximum atomic E-state index is 11.9. The van der Waals surface area contributed by atoms with Gasteiger partial charge in [0.15, 0.2) is 0 Å². The molecular formula is C15H18ClN3O3. The van der Waals surface area contributed by atoms with Crippen molar-refractivity contribution in [3.63, 3.8) is 0 Å². The van der Waals surface area contributed by atoms with Crippen LogP contribution in [0.3, 0.4) is 0 Å². The predicted octanol–water partition coefficient (Wildman–Crippen LogP) is 2.16. The smallest absolute Gasteiger partial charge is 0.247 e. The Morgan fingerprint density at radius 3 is 2.68 bits per heavy atom. The van der Waals surface area contributed by atoms with E-state index >= 15 is 0 Å². The van der Waals surface area contributed by atoms with Gasteiger partial charge in [-0.25, -0.2) is 0 Å². The van der Waals surface area contributed by atoms with E-state index in [2.05, 4.69) is 10.2 Å². The Bertz CT molecular complexity index is 625. The van der Waals surface area contributed by atoms with Gasteiger partial charge < -0.3 is 14.4 Å². The highest BCUT2D eigenvalue weighted by Crippen LogP contribution is 2.20. The standard InChI is InChI=1S/C15H18ClN3O3/c1-10(20)9-19(2)14(21)8-7-13-17-18-15(22-13)11-3-5-12(16)6-4-11/h3-6,10,20H,7-9H2,1-2H3. The summed E-state index contributed by atoms with van der Waals surface area (Å²) in [5.41, 5.74) is 0.778. The van der Waals surface area contributed by atoms with Crippen molar-refractivity contribution in [2.24, 2.45) is 0 Å². The summed E-state index contributed by atoms with van der Waals surface area (Å²) in [5, 5.41) is 17.8. The molecule has 7 heteroatoms. The maximum absolute atomic E-state index is 11.9. The molecule has 6 nitrogen and oxygen atoms in total. The summed E-state index contributed by atoms with van der Waals surface area (Å²) in [6, 6.07) is 7.08. The molecule has 1 aromatic carbocycles. The van der Waals surface area contributed by atoms with Gasteiger partial charge in [-0.15, -0.1) is 10.2 Å². The van der Waals surface area contributed by atoms with Crippen molar-refractivity contribution in [3.8, 4) is 11.5 Å². The van der Waals surface area contributed by atoms with Gasteiger partial charge in [0, 0.05) is 37.0 Å². The van der Waals surface area contributed by atoms with E-state index in [1.807, 2.05) is 0 Å². The molecule has 0 radical (unpaired) electrons. The monoisotopic (exact) mass is 323 g/mol. The topological polar surface area (TPSA) is 79.5 Å². The van der Waals surface area contributed by atoms with Gasteiger partial charge in [0.2, 0.25) is 17.7 Å². The van der Waals surface area contributed by atoms with E-state index in [0.29, 0.717) is 29.8 Å². The lowest BCUT2D eigenvalue weighted by molar-refractivity contribution is -0.131. The molecule has 2 aromatic rings. The van der Waals surface area contributed by atoms with Crippen LogP contribution in [0.15, 0.2) is 28.7 Å². The first-order valence-electron chi connectivity index (χ1n) is 6.96. The molecular weight excluding hydrogens is 306 g/mol. The van der Waals surface area contributed by atoms with Gasteiger partial charge >= 0.3 is 0 Å². The fourth-order valence-electron chi connectivity index (χ4n) is 1.97. The molecule has 1 amide bonds. The van der Waals surface area contributed by atoms with Gasteiger partial charge in [-0.1, -0.05) is 11.6 Å². The average molecular weight is 324 g/mol. The molecule has 0 aliphatic rings. The number of hydrogen-bond acceptors (Lipinski definition) is 5. The number of aliphatic hydroxyl groups is 1. The van der Waals surface area contributed by atoms with Gasteiger partial charge in [-0.3, -0.25) is 4.79 Å². The zero-order valence-corrected chi connectivity index (χ0v) is 13.2. The molecule has 1 heterocycles. The third-order valence-electron chi connectivity index (χ3n) is 3.07. The van der Waals surface area contributed by atoms with Crippen molar-refractivity contribution >= 4 is 17.5 Å². The highest BCUT2D eigenvalue weighted by molar-refractivity contribution is 6.30. The molecule has 0 saturated carbocycles. The lowest BCUT2D eigenvalue weighted by atomic mass is 10.2. The Labute approximate surface area is 133 Å².